The normalized spacial score (nSPS) is 42.5. The Kier molecular flexibility index (Phi) is 1.31. The summed E-state index contributed by atoms with van der Waals surface area (Å²) in [5.74, 6) is 0. The largest absolute Gasteiger partial charge is 0.276 e. The van der Waals surface area contributed by atoms with Crippen LogP contribution in [0.2, 0.25) is 0 Å². The first-order valence-electron chi connectivity index (χ1n) is 3.69. The molecule has 0 bridgehead atoms. The van der Waals surface area contributed by atoms with Crippen LogP contribution >= 0.6 is 0 Å². The number of nitrogens with zero attached hydrogens (tertiary/aromatic N) is 2. The average Bonchev–Trinajstić information content (AvgIpc) is 2.29. The maximum atomic E-state index is 8.81. The molecule has 1 saturated heterocycles. The first kappa shape index (κ1) is 7.56. The molecule has 0 radical (unpaired) electrons. The zero-order valence-corrected chi connectivity index (χ0v) is 7.10. The van der Waals surface area contributed by atoms with Crippen LogP contribution in [0.1, 0.15) is 27.7 Å². The third kappa shape index (κ3) is 0.564. The monoisotopic (exact) mass is 138 g/mol. The van der Waals surface area contributed by atoms with Gasteiger partial charge in [0.2, 0.25) is 0 Å². The number of rotatable bonds is 1. The highest BCUT2D eigenvalue weighted by atomic mass is 15.4. The van der Waals surface area contributed by atoms with Crippen molar-refractivity contribution in [1.82, 2.24) is 4.90 Å². The van der Waals surface area contributed by atoms with Crippen LogP contribution in [0.3, 0.4) is 0 Å². The fraction of sp³-hybridized carbons (Fsp3) is 0.875. The van der Waals surface area contributed by atoms with Crippen molar-refractivity contribution in [1.29, 1.82) is 5.26 Å². The van der Waals surface area contributed by atoms with E-state index in [-0.39, 0.29) is 11.1 Å². The van der Waals surface area contributed by atoms with Crippen molar-refractivity contribution in [3.05, 3.63) is 0 Å². The summed E-state index contributed by atoms with van der Waals surface area (Å²) in [6.45, 7) is 9.28. The van der Waals surface area contributed by atoms with Crippen LogP contribution < -0.4 is 0 Å². The van der Waals surface area contributed by atoms with E-state index in [2.05, 4.69) is 31.7 Å². The second kappa shape index (κ2) is 1.73. The lowest BCUT2D eigenvalue weighted by Crippen LogP contribution is -2.12. The van der Waals surface area contributed by atoms with Gasteiger partial charge in [-0.1, -0.05) is 6.92 Å². The van der Waals surface area contributed by atoms with Crippen LogP contribution in [0.25, 0.3) is 0 Å². The molecule has 2 heteroatoms. The average molecular weight is 138 g/mol. The van der Waals surface area contributed by atoms with Gasteiger partial charge in [-0.15, -0.1) is 0 Å². The van der Waals surface area contributed by atoms with E-state index in [0.29, 0.717) is 0 Å². The first-order chi connectivity index (χ1) is 4.50. The molecule has 0 aliphatic carbocycles. The highest BCUT2D eigenvalue weighted by molar-refractivity contribution is 5.32. The van der Waals surface area contributed by atoms with Crippen LogP contribution in [-0.2, 0) is 0 Å². The summed E-state index contributed by atoms with van der Waals surface area (Å²) in [4.78, 5) is 2.19. The fourth-order valence-electron chi connectivity index (χ4n) is 1.75. The van der Waals surface area contributed by atoms with Crippen molar-refractivity contribution in [3.8, 4) is 6.07 Å². The number of likely N-dealkylation sites (N-methyl/N-ethyl adjacent to an activating group) is 1. The number of hydrogen-bond acceptors (Lipinski definition) is 2. The summed E-state index contributed by atoms with van der Waals surface area (Å²) in [6, 6.07) is 2.33. The van der Waals surface area contributed by atoms with Gasteiger partial charge in [-0.05, 0) is 27.3 Å². The molecule has 2 unspecified atom stereocenters. The maximum Gasteiger partial charge on any atom is 0.124 e. The van der Waals surface area contributed by atoms with Crippen LogP contribution in [0.4, 0.5) is 0 Å². The molecule has 2 atom stereocenters. The zero-order chi connectivity index (χ0) is 7.99. The van der Waals surface area contributed by atoms with Crippen molar-refractivity contribution in [2.45, 2.75) is 38.8 Å². The molecule has 1 rings (SSSR count). The molecule has 1 aliphatic rings. The van der Waals surface area contributed by atoms with Crippen molar-refractivity contribution in [2.75, 3.05) is 6.54 Å². The molecule has 0 amide bonds. The van der Waals surface area contributed by atoms with E-state index in [9.17, 15) is 0 Å². The predicted octanol–water partition coefficient (Wildman–Crippen LogP) is 1.38. The fourth-order valence-corrected chi connectivity index (χ4v) is 1.75. The Hall–Kier alpha value is -0.550. The Morgan fingerprint density at radius 3 is 2.00 bits per heavy atom. The molecule has 1 heterocycles. The maximum absolute atomic E-state index is 8.81. The van der Waals surface area contributed by atoms with Gasteiger partial charge in [-0.25, -0.2) is 0 Å². The molecular weight excluding hydrogens is 124 g/mol. The minimum atomic E-state index is -0.207. The van der Waals surface area contributed by atoms with E-state index in [1.807, 2.05) is 6.92 Å². The van der Waals surface area contributed by atoms with Gasteiger partial charge in [0.25, 0.3) is 0 Å². The van der Waals surface area contributed by atoms with Crippen molar-refractivity contribution < 1.29 is 0 Å². The van der Waals surface area contributed by atoms with E-state index in [4.69, 9.17) is 5.26 Å². The van der Waals surface area contributed by atoms with E-state index in [0.717, 1.165) is 6.54 Å². The Labute approximate surface area is 62.4 Å². The van der Waals surface area contributed by atoms with Gasteiger partial charge in [0, 0.05) is 5.54 Å². The molecule has 0 spiro atoms. The Balaban J connectivity index is 2.81. The third-order valence-electron chi connectivity index (χ3n) is 2.89. The lowest BCUT2D eigenvalue weighted by Gasteiger charge is -1.98. The lowest BCUT2D eigenvalue weighted by molar-refractivity contribution is 0.449. The van der Waals surface area contributed by atoms with Gasteiger partial charge in [0.15, 0.2) is 0 Å². The molecule has 0 aromatic carbocycles. The van der Waals surface area contributed by atoms with Crippen LogP contribution in [0, 0.1) is 11.3 Å². The van der Waals surface area contributed by atoms with Crippen LogP contribution in [0.15, 0.2) is 0 Å². The van der Waals surface area contributed by atoms with Crippen LogP contribution in [0.5, 0.6) is 0 Å². The molecule has 0 N–H and O–H groups in total. The van der Waals surface area contributed by atoms with E-state index in [1.165, 1.54) is 0 Å². The second-order valence-corrected chi connectivity index (χ2v) is 3.49. The summed E-state index contributed by atoms with van der Waals surface area (Å²) in [5, 5.41) is 8.81. The molecule has 0 aromatic rings. The van der Waals surface area contributed by atoms with Crippen molar-refractivity contribution >= 4 is 0 Å². The Bertz CT molecular complexity index is 190. The summed E-state index contributed by atoms with van der Waals surface area (Å²) in [6.07, 6.45) is 0. The highest BCUT2D eigenvalue weighted by Crippen LogP contribution is 2.49. The second-order valence-electron chi connectivity index (χ2n) is 3.49. The van der Waals surface area contributed by atoms with Crippen molar-refractivity contribution in [2.24, 2.45) is 0 Å². The van der Waals surface area contributed by atoms with Crippen molar-refractivity contribution in [3.63, 3.8) is 0 Å². The van der Waals surface area contributed by atoms with E-state index in [1.54, 1.807) is 0 Å². The van der Waals surface area contributed by atoms with E-state index < -0.39 is 0 Å². The van der Waals surface area contributed by atoms with Gasteiger partial charge in [-0.3, -0.25) is 4.90 Å². The van der Waals surface area contributed by atoms with Gasteiger partial charge >= 0.3 is 0 Å². The molecule has 0 aromatic heterocycles. The molecule has 2 nitrogen and oxygen atoms in total. The minimum Gasteiger partial charge on any atom is -0.276 e. The molecule has 1 fully saturated rings. The SMILES string of the molecule is CCN1C(C)(C)C1(C)C#N. The number of nitriles is 1. The van der Waals surface area contributed by atoms with Crippen LogP contribution in [-0.4, -0.2) is 22.5 Å². The summed E-state index contributed by atoms with van der Waals surface area (Å²) < 4.78 is 0. The first-order valence-corrected chi connectivity index (χ1v) is 3.69. The molecule has 1 aliphatic heterocycles. The zero-order valence-electron chi connectivity index (χ0n) is 7.10. The molecule has 10 heavy (non-hydrogen) atoms. The highest BCUT2D eigenvalue weighted by Gasteiger charge is 2.66. The van der Waals surface area contributed by atoms with Gasteiger partial charge < -0.3 is 0 Å². The topological polar surface area (TPSA) is 26.8 Å². The molecule has 56 valence electrons. The molecule has 0 saturated carbocycles. The summed E-state index contributed by atoms with van der Waals surface area (Å²) in [5.41, 5.74) is -0.113. The Morgan fingerprint density at radius 2 is 1.90 bits per heavy atom. The predicted molar refractivity (Wildman–Crippen MR) is 40.5 cm³/mol. The van der Waals surface area contributed by atoms with Gasteiger partial charge in [0.1, 0.15) is 5.54 Å². The number of hydrogen-bond donors (Lipinski definition) is 0. The van der Waals surface area contributed by atoms with Gasteiger partial charge in [-0.2, -0.15) is 5.26 Å². The standard InChI is InChI=1S/C8H14N2/c1-5-10-7(2,3)8(10,4)6-9/h5H2,1-4H3. The van der Waals surface area contributed by atoms with E-state index >= 15 is 0 Å². The third-order valence-corrected chi connectivity index (χ3v) is 2.89. The van der Waals surface area contributed by atoms with Gasteiger partial charge in [0.05, 0.1) is 6.07 Å². The summed E-state index contributed by atoms with van der Waals surface area (Å²) >= 11 is 0. The minimum absolute atomic E-state index is 0.0938. The Morgan fingerprint density at radius 1 is 1.40 bits per heavy atom. The quantitative estimate of drug-likeness (QED) is 0.512. The smallest absolute Gasteiger partial charge is 0.124 e. The lowest BCUT2D eigenvalue weighted by atomic mass is 10.0. The molecular formula is C8H14N2. The summed E-state index contributed by atoms with van der Waals surface area (Å²) in [7, 11) is 0.